The van der Waals surface area contributed by atoms with Crippen LogP contribution in [0, 0.1) is 0 Å². The summed E-state index contributed by atoms with van der Waals surface area (Å²) in [6, 6.07) is 0.323. The number of nitrogens with one attached hydrogen (secondary N) is 1. The van der Waals surface area contributed by atoms with Crippen LogP contribution in [0.4, 0.5) is 4.79 Å². The molecule has 1 saturated carbocycles. The maximum absolute atomic E-state index is 12.1. The van der Waals surface area contributed by atoms with Gasteiger partial charge in [0.05, 0.1) is 13.2 Å². The Morgan fingerprint density at radius 3 is 2.72 bits per heavy atom. The molecule has 1 saturated heterocycles. The Morgan fingerprint density at radius 1 is 1.33 bits per heavy atom. The van der Waals surface area contributed by atoms with Crippen molar-refractivity contribution in [2.75, 3.05) is 19.7 Å². The van der Waals surface area contributed by atoms with Crippen molar-refractivity contribution >= 4 is 23.2 Å². The lowest BCUT2D eigenvalue weighted by Crippen LogP contribution is -2.54. The third kappa shape index (κ3) is 3.55. The highest BCUT2D eigenvalue weighted by molar-refractivity contribution is 7.80. The minimum atomic E-state index is -0.300. The Bertz CT molecular complexity index is 318. The molecule has 2 rings (SSSR count). The third-order valence-electron chi connectivity index (χ3n) is 3.60. The van der Waals surface area contributed by atoms with Crippen molar-refractivity contribution in [1.29, 1.82) is 0 Å². The molecule has 2 fully saturated rings. The van der Waals surface area contributed by atoms with Crippen molar-refractivity contribution in [2.45, 2.75) is 44.2 Å². The van der Waals surface area contributed by atoms with Gasteiger partial charge in [0.15, 0.2) is 0 Å². The van der Waals surface area contributed by atoms with Crippen LogP contribution in [0.15, 0.2) is 0 Å². The van der Waals surface area contributed by atoms with Crippen LogP contribution in [0.25, 0.3) is 0 Å². The van der Waals surface area contributed by atoms with Crippen molar-refractivity contribution in [3.8, 4) is 0 Å². The predicted molar refractivity (Wildman–Crippen MR) is 73.5 cm³/mol. The Kier molecular flexibility index (Phi) is 4.77. The standard InChI is InChI=1S/C12H21N3O2S/c13-11(18)10-8-15(6-7-17-10)12(16)14-9-4-2-1-3-5-9/h9-10H,1-8H2,(H2,13,18)(H,14,16). The molecule has 0 bridgehead atoms. The number of carbonyl (C=O) groups is 1. The normalized spacial score (nSPS) is 25.8. The first-order valence-corrected chi connectivity index (χ1v) is 7.04. The molecule has 0 aromatic carbocycles. The van der Waals surface area contributed by atoms with E-state index >= 15 is 0 Å². The fourth-order valence-corrected chi connectivity index (χ4v) is 2.66. The highest BCUT2D eigenvalue weighted by Crippen LogP contribution is 2.18. The van der Waals surface area contributed by atoms with E-state index in [9.17, 15) is 4.79 Å². The first kappa shape index (κ1) is 13.5. The molecule has 0 spiro atoms. The number of thiocarbonyl (C=S) groups is 1. The summed E-state index contributed by atoms with van der Waals surface area (Å²) < 4.78 is 5.42. The lowest BCUT2D eigenvalue weighted by atomic mass is 9.96. The summed E-state index contributed by atoms with van der Waals surface area (Å²) in [7, 11) is 0. The number of amides is 2. The van der Waals surface area contributed by atoms with Gasteiger partial charge in [0, 0.05) is 12.6 Å². The van der Waals surface area contributed by atoms with Crippen LogP contribution in [0.3, 0.4) is 0 Å². The summed E-state index contributed by atoms with van der Waals surface area (Å²) in [5.41, 5.74) is 5.56. The van der Waals surface area contributed by atoms with Crippen molar-refractivity contribution in [3.63, 3.8) is 0 Å². The van der Waals surface area contributed by atoms with E-state index in [0.29, 0.717) is 30.7 Å². The molecule has 3 N–H and O–H groups in total. The number of rotatable bonds is 2. The quantitative estimate of drug-likeness (QED) is 0.736. The fraction of sp³-hybridized carbons (Fsp3) is 0.833. The summed E-state index contributed by atoms with van der Waals surface area (Å²) in [5, 5.41) is 3.10. The van der Waals surface area contributed by atoms with Crippen molar-refractivity contribution < 1.29 is 9.53 Å². The second kappa shape index (κ2) is 6.33. The van der Waals surface area contributed by atoms with Gasteiger partial charge in [-0.3, -0.25) is 0 Å². The number of hydrogen-bond acceptors (Lipinski definition) is 3. The Labute approximate surface area is 113 Å². The predicted octanol–water partition coefficient (Wildman–Crippen LogP) is 1.02. The molecule has 1 atom stereocenters. The molecule has 18 heavy (non-hydrogen) atoms. The molecule has 5 nitrogen and oxygen atoms in total. The molecule has 0 aromatic rings. The number of carbonyl (C=O) groups excluding carboxylic acids is 1. The van der Waals surface area contributed by atoms with E-state index in [-0.39, 0.29) is 12.1 Å². The Morgan fingerprint density at radius 2 is 2.06 bits per heavy atom. The number of nitrogens with two attached hydrogens (primary N) is 1. The van der Waals surface area contributed by atoms with Crippen molar-refractivity contribution in [3.05, 3.63) is 0 Å². The zero-order valence-corrected chi connectivity index (χ0v) is 11.4. The molecular formula is C12H21N3O2S. The maximum Gasteiger partial charge on any atom is 0.317 e. The Hall–Kier alpha value is -0.880. The van der Waals surface area contributed by atoms with Crippen LogP contribution in [-0.4, -0.2) is 47.8 Å². The van der Waals surface area contributed by atoms with Gasteiger partial charge in [-0.15, -0.1) is 0 Å². The SMILES string of the molecule is NC(=S)C1CN(C(=O)NC2CCCCC2)CCO1. The zero-order chi connectivity index (χ0) is 13.0. The van der Waals surface area contributed by atoms with Gasteiger partial charge in [0.1, 0.15) is 11.1 Å². The highest BCUT2D eigenvalue weighted by Gasteiger charge is 2.27. The molecule has 2 amide bonds. The third-order valence-corrected chi connectivity index (χ3v) is 3.87. The van der Waals surface area contributed by atoms with Gasteiger partial charge < -0.3 is 20.7 Å². The summed E-state index contributed by atoms with van der Waals surface area (Å²) in [6.07, 6.45) is 5.59. The van der Waals surface area contributed by atoms with Crippen molar-refractivity contribution in [2.24, 2.45) is 5.73 Å². The number of nitrogens with zero attached hydrogens (tertiary/aromatic N) is 1. The fourth-order valence-electron chi connectivity index (χ4n) is 2.52. The highest BCUT2D eigenvalue weighted by atomic mass is 32.1. The van der Waals surface area contributed by atoms with E-state index in [2.05, 4.69) is 5.32 Å². The van der Waals surface area contributed by atoms with E-state index in [0.717, 1.165) is 12.8 Å². The average Bonchev–Trinajstić information content (AvgIpc) is 2.40. The first-order valence-electron chi connectivity index (χ1n) is 6.63. The Balaban J connectivity index is 1.82. The molecule has 1 aliphatic heterocycles. The number of urea groups is 1. The molecule has 1 unspecified atom stereocenters. The van der Waals surface area contributed by atoms with Gasteiger partial charge in [-0.2, -0.15) is 0 Å². The van der Waals surface area contributed by atoms with Gasteiger partial charge in [0.25, 0.3) is 0 Å². The monoisotopic (exact) mass is 271 g/mol. The van der Waals surface area contributed by atoms with Gasteiger partial charge in [-0.25, -0.2) is 4.79 Å². The van der Waals surface area contributed by atoms with E-state index < -0.39 is 0 Å². The number of hydrogen-bond donors (Lipinski definition) is 2. The van der Waals surface area contributed by atoms with Gasteiger partial charge in [0.2, 0.25) is 0 Å². The molecule has 1 heterocycles. The van der Waals surface area contributed by atoms with Gasteiger partial charge >= 0.3 is 6.03 Å². The smallest absolute Gasteiger partial charge is 0.317 e. The zero-order valence-electron chi connectivity index (χ0n) is 10.6. The van der Waals surface area contributed by atoms with Crippen molar-refractivity contribution in [1.82, 2.24) is 10.2 Å². The average molecular weight is 271 g/mol. The molecule has 6 heteroatoms. The van der Waals surface area contributed by atoms with Crippen LogP contribution in [0.1, 0.15) is 32.1 Å². The molecule has 1 aliphatic carbocycles. The number of morpholine rings is 1. The van der Waals surface area contributed by atoms with Gasteiger partial charge in [-0.05, 0) is 12.8 Å². The molecular weight excluding hydrogens is 250 g/mol. The topological polar surface area (TPSA) is 67.6 Å². The number of ether oxygens (including phenoxy) is 1. The maximum atomic E-state index is 12.1. The molecule has 2 aliphatic rings. The second-order valence-corrected chi connectivity index (χ2v) is 5.46. The van der Waals surface area contributed by atoms with Crippen LogP contribution in [-0.2, 0) is 4.74 Å². The molecule has 0 radical (unpaired) electrons. The minimum Gasteiger partial charge on any atom is -0.391 e. The van der Waals surface area contributed by atoms with Crippen LogP contribution >= 0.6 is 12.2 Å². The van der Waals surface area contributed by atoms with E-state index in [1.54, 1.807) is 4.90 Å². The first-order chi connectivity index (χ1) is 8.66. The molecule has 0 aromatic heterocycles. The van der Waals surface area contributed by atoms with E-state index in [1.807, 2.05) is 0 Å². The van der Waals surface area contributed by atoms with Gasteiger partial charge in [-0.1, -0.05) is 31.5 Å². The summed E-state index contributed by atoms with van der Waals surface area (Å²) >= 11 is 4.91. The summed E-state index contributed by atoms with van der Waals surface area (Å²) in [6.45, 7) is 1.58. The van der Waals surface area contributed by atoms with E-state index in [4.69, 9.17) is 22.7 Å². The summed E-state index contributed by atoms with van der Waals surface area (Å²) in [4.78, 5) is 14.2. The lowest BCUT2D eigenvalue weighted by molar-refractivity contribution is 0.0218. The largest absolute Gasteiger partial charge is 0.391 e. The van der Waals surface area contributed by atoms with Crippen LogP contribution in [0.5, 0.6) is 0 Å². The minimum absolute atomic E-state index is 0.00792. The van der Waals surface area contributed by atoms with E-state index in [1.165, 1.54) is 19.3 Å². The van der Waals surface area contributed by atoms with Crippen LogP contribution < -0.4 is 11.1 Å². The second-order valence-electron chi connectivity index (χ2n) is 4.99. The van der Waals surface area contributed by atoms with Crippen LogP contribution in [0.2, 0.25) is 0 Å². The lowest BCUT2D eigenvalue weighted by Gasteiger charge is -2.34. The summed E-state index contributed by atoms with van der Waals surface area (Å²) in [5.74, 6) is 0. The molecule has 102 valence electrons.